The molecule has 1 saturated heterocycles. The van der Waals surface area contributed by atoms with Gasteiger partial charge in [-0.25, -0.2) is 0 Å². The summed E-state index contributed by atoms with van der Waals surface area (Å²) in [6.07, 6.45) is 1.23. The molecule has 1 unspecified atom stereocenters. The van der Waals surface area contributed by atoms with Crippen LogP contribution in [0.15, 0.2) is 30.3 Å². The number of aliphatic hydroxyl groups is 1. The highest BCUT2D eigenvalue weighted by Gasteiger charge is 2.60. The number of benzene rings is 1. The van der Waals surface area contributed by atoms with Gasteiger partial charge in [-0.2, -0.15) is 0 Å². The van der Waals surface area contributed by atoms with Crippen LogP contribution in [0.2, 0.25) is 0 Å². The molecule has 2 heteroatoms. The van der Waals surface area contributed by atoms with Crippen molar-refractivity contribution in [3.8, 4) is 0 Å². The molecule has 1 aliphatic heterocycles. The summed E-state index contributed by atoms with van der Waals surface area (Å²) in [6, 6.07) is 10.7. The van der Waals surface area contributed by atoms with Gasteiger partial charge in [-0.1, -0.05) is 37.3 Å². The Balaban J connectivity index is 1.65. The molecule has 2 nitrogen and oxygen atoms in total. The van der Waals surface area contributed by atoms with Crippen LogP contribution in [0.1, 0.15) is 18.9 Å². The van der Waals surface area contributed by atoms with Gasteiger partial charge in [0, 0.05) is 26.2 Å². The molecule has 3 rings (SSSR count). The van der Waals surface area contributed by atoms with Crippen LogP contribution in [-0.2, 0) is 6.54 Å². The number of nitrogens with zero attached hydrogens (tertiary/aromatic N) is 1. The van der Waals surface area contributed by atoms with Gasteiger partial charge in [0.05, 0.1) is 0 Å². The molecule has 3 atom stereocenters. The van der Waals surface area contributed by atoms with E-state index in [1.807, 2.05) is 0 Å². The van der Waals surface area contributed by atoms with Gasteiger partial charge < -0.3 is 5.11 Å². The average Bonchev–Trinajstić information content (AvgIpc) is 2.96. The predicted molar refractivity (Wildman–Crippen MR) is 68.5 cm³/mol. The Bertz CT molecular complexity index is 391. The lowest BCUT2D eigenvalue weighted by Gasteiger charge is -2.16. The normalized spacial score (nSPS) is 36.6. The molecule has 2 aliphatic rings. The fraction of sp³-hybridized carbons (Fsp3) is 0.600. The summed E-state index contributed by atoms with van der Waals surface area (Å²) in [5.74, 6) is 1.31. The molecular weight excluding hydrogens is 210 g/mol. The van der Waals surface area contributed by atoms with E-state index >= 15 is 0 Å². The first-order valence-corrected chi connectivity index (χ1v) is 6.62. The minimum atomic E-state index is 0.378. The zero-order valence-corrected chi connectivity index (χ0v) is 10.5. The Morgan fingerprint density at radius 3 is 2.76 bits per heavy atom. The molecule has 1 aromatic rings. The molecule has 2 fully saturated rings. The summed E-state index contributed by atoms with van der Waals surface area (Å²) < 4.78 is 0. The van der Waals surface area contributed by atoms with Crippen molar-refractivity contribution < 1.29 is 5.11 Å². The average molecular weight is 231 g/mol. The van der Waals surface area contributed by atoms with Gasteiger partial charge in [-0.05, 0) is 29.2 Å². The lowest BCUT2D eigenvalue weighted by atomic mass is 9.92. The van der Waals surface area contributed by atoms with Crippen LogP contribution in [0.3, 0.4) is 0 Å². The molecule has 1 spiro atoms. The van der Waals surface area contributed by atoms with E-state index in [0.717, 1.165) is 12.5 Å². The van der Waals surface area contributed by atoms with Crippen LogP contribution in [0.25, 0.3) is 0 Å². The first-order valence-electron chi connectivity index (χ1n) is 6.62. The Morgan fingerprint density at radius 1 is 1.35 bits per heavy atom. The molecule has 0 bridgehead atoms. The third-order valence-electron chi connectivity index (χ3n) is 4.78. The van der Waals surface area contributed by atoms with E-state index in [-0.39, 0.29) is 0 Å². The van der Waals surface area contributed by atoms with Gasteiger partial charge in [0.25, 0.3) is 0 Å². The Hall–Kier alpha value is -0.860. The first-order chi connectivity index (χ1) is 8.24. The fourth-order valence-corrected chi connectivity index (χ4v) is 3.61. The second-order valence-electron chi connectivity index (χ2n) is 5.87. The molecule has 92 valence electrons. The number of rotatable bonds is 3. The van der Waals surface area contributed by atoms with Crippen LogP contribution in [0, 0.1) is 17.3 Å². The van der Waals surface area contributed by atoms with Crippen molar-refractivity contribution in [3.63, 3.8) is 0 Å². The molecule has 17 heavy (non-hydrogen) atoms. The summed E-state index contributed by atoms with van der Waals surface area (Å²) in [4.78, 5) is 2.55. The van der Waals surface area contributed by atoms with E-state index in [9.17, 15) is 5.11 Å². The lowest BCUT2D eigenvalue weighted by Crippen LogP contribution is -2.21. The van der Waals surface area contributed by atoms with Crippen molar-refractivity contribution in [2.45, 2.75) is 19.9 Å². The molecule has 1 aromatic carbocycles. The zero-order chi connectivity index (χ0) is 11.9. The van der Waals surface area contributed by atoms with Crippen molar-refractivity contribution in [1.82, 2.24) is 4.90 Å². The van der Waals surface area contributed by atoms with Crippen molar-refractivity contribution in [1.29, 1.82) is 0 Å². The summed E-state index contributed by atoms with van der Waals surface area (Å²) in [5.41, 5.74) is 1.85. The van der Waals surface area contributed by atoms with E-state index < -0.39 is 0 Å². The third kappa shape index (κ3) is 1.90. The highest BCUT2D eigenvalue weighted by molar-refractivity contribution is 5.16. The Labute approximate surface area is 103 Å². The minimum Gasteiger partial charge on any atom is -0.396 e. The van der Waals surface area contributed by atoms with Crippen molar-refractivity contribution in [2.24, 2.45) is 17.3 Å². The molecular formula is C15H21NO. The van der Waals surface area contributed by atoms with Gasteiger partial charge in [0.2, 0.25) is 0 Å². The van der Waals surface area contributed by atoms with Gasteiger partial charge in [-0.15, -0.1) is 0 Å². The number of hydrogen-bond donors (Lipinski definition) is 1. The van der Waals surface area contributed by atoms with E-state index in [1.165, 1.54) is 25.1 Å². The summed E-state index contributed by atoms with van der Waals surface area (Å²) in [5, 5.41) is 9.31. The van der Waals surface area contributed by atoms with Crippen LogP contribution >= 0.6 is 0 Å². The highest BCUT2D eigenvalue weighted by atomic mass is 16.3. The standard InChI is InChI=1S/C15H21NO/c1-12-8-16(9-13-5-3-2-4-6-13)11-15(12)7-14(15)10-17/h2-6,12,14,17H,7-11H2,1H3/t12-,14?,15+/m0/s1. The van der Waals surface area contributed by atoms with Crippen molar-refractivity contribution in [3.05, 3.63) is 35.9 Å². The molecule has 0 radical (unpaired) electrons. The maximum atomic E-state index is 9.31. The molecule has 1 aliphatic carbocycles. The second-order valence-corrected chi connectivity index (χ2v) is 5.87. The van der Waals surface area contributed by atoms with Crippen LogP contribution in [-0.4, -0.2) is 29.7 Å². The van der Waals surface area contributed by atoms with Gasteiger partial charge in [-0.3, -0.25) is 4.90 Å². The topological polar surface area (TPSA) is 23.5 Å². The minimum absolute atomic E-state index is 0.378. The predicted octanol–water partition coefficient (Wildman–Crippen LogP) is 2.14. The first kappa shape index (κ1) is 11.2. The molecule has 1 heterocycles. The number of aliphatic hydroxyl groups excluding tert-OH is 1. The molecule has 1 saturated carbocycles. The fourth-order valence-electron chi connectivity index (χ4n) is 3.61. The van der Waals surface area contributed by atoms with Crippen LogP contribution < -0.4 is 0 Å². The molecule has 1 N–H and O–H groups in total. The monoisotopic (exact) mass is 231 g/mol. The summed E-state index contributed by atoms with van der Waals surface area (Å²) >= 11 is 0. The van der Waals surface area contributed by atoms with E-state index in [2.05, 4.69) is 42.2 Å². The second kappa shape index (κ2) is 4.11. The third-order valence-corrected chi connectivity index (χ3v) is 4.78. The maximum Gasteiger partial charge on any atom is 0.0465 e. The van der Waals surface area contributed by atoms with Gasteiger partial charge in [0.1, 0.15) is 0 Å². The molecule has 0 aromatic heterocycles. The van der Waals surface area contributed by atoms with E-state index in [1.54, 1.807) is 0 Å². The summed E-state index contributed by atoms with van der Waals surface area (Å²) in [6.45, 7) is 6.15. The van der Waals surface area contributed by atoms with E-state index in [4.69, 9.17) is 0 Å². The van der Waals surface area contributed by atoms with Crippen molar-refractivity contribution in [2.75, 3.05) is 19.7 Å². The van der Waals surface area contributed by atoms with E-state index in [0.29, 0.717) is 17.9 Å². The van der Waals surface area contributed by atoms with Gasteiger partial charge in [0.15, 0.2) is 0 Å². The number of likely N-dealkylation sites (tertiary alicyclic amines) is 1. The molecule has 0 amide bonds. The van der Waals surface area contributed by atoms with Crippen LogP contribution in [0.5, 0.6) is 0 Å². The number of hydrogen-bond acceptors (Lipinski definition) is 2. The largest absolute Gasteiger partial charge is 0.396 e. The smallest absolute Gasteiger partial charge is 0.0465 e. The van der Waals surface area contributed by atoms with Crippen molar-refractivity contribution >= 4 is 0 Å². The zero-order valence-electron chi connectivity index (χ0n) is 10.5. The Kier molecular flexibility index (Phi) is 2.72. The quantitative estimate of drug-likeness (QED) is 0.861. The lowest BCUT2D eigenvalue weighted by molar-refractivity contribution is 0.233. The SMILES string of the molecule is C[C@H]1CN(Cc2ccccc2)C[C@]12CC2CO. The Morgan fingerprint density at radius 2 is 2.12 bits per heavy atom. The highest BCUT2D eigenvalue weighted by Crippen LogP contribution is 2.61. The van der Waals surface area contributed by atoms with Crippen LogP contribution in [0.4, 0.5) is 0 Å². The maximum absolute atomic E-state index is 9.31. The van der Waals surface area contributed by atoms with Gasteiger partial charge >= 0.3 is 0 Å². The summed E-state index contributed by atoms with van der Waals surface area (Å²) in [7, 11) is 0.